The zero-order chi connectivity index (χ0) is 13.0. The van der Waals surface area contributed by atoms with Gasteiger partial charge in [-0.25, -0.2) is 0 Å². The van der Waals surface area contributed by atoms with E-state index in [1.165, 1.54) is 21.7 Å². The van der Waals surface area contributed by atoms with Gasteiger partial charge >= 0.3 is 0 Å². The summed E-state index contributed by atoms with van der Waals surface area (Å²) in [6.45, 7) is 3.85. The molecule has 0 amide bonds. The van der Waals surface area contributed by atoms with E-state index in [1.807, 2.05) is 0 Å². The number of benzene rings is 1. The van der Waals surface area contributed by atoms with Crippen molar-refractivity contribution in [3.63, 3.8) is 0 Å². The first-order chi connectivity index (χ1) is 8.70. The van der Waals surface area contributed by atoms with E-state index >= 15 is 0 Å². The fourth-order valence-electron chi connectivity index (χ4n) is 2.19. The number of nitrogens with two attached hydrogens (primary N) is 1. The van der Waals surface area contributed by atoms with Gasteiger partial charge < -0.3 is 10.6 Å². The Bertz CT molecular complexity index is 491. The van der Waals surface area contributed by atoms with E-state index in [-0.39, 0.29) is 0 Å². The van der Waals surface area contributed by atoms with E-state index in [1.54, 1.807) is 11.3 Å². The van der Waals surface area contributed by atoms with Gasteiger partial charge in [-0.15, -0.1) is 11.3 Å². The predicted molar refractivity (Wildman–Crippen MR) is 80.4 cm³/mol. The fourth-order valence-corrected chi connectivity index (χ4v) is 2.95. The lowest BCUT2D eigenvalue weighted by atomic mass is 10.1. The average Bonchev–Trinajstić information content (AvgIpc) is 2.82. The van der Waals surface area contributed by atoms with Gasteiger partial charge in [0.15, 0.2) is 0 Å². The van der Waals surface area contributed by atoms with Crippen LogP contribution >= 0.6 is 11.3 Å². The zero-order valence-electron chi connectivity index (χ0n) is 11.0. The molecule has 2 aromatic rings. The van der Waals surface area contributed by atoms with Gasteiger partial charge in [-0.05, 0) is 48.5 Å². The Hall–Kier alpha value is -1.32. The quantitative estimate of drug-likeness (QED) is 0.894. The van der Waals surface area contributed by atoms with Gasteiger partial charge in [0, 0.05) is 17.6 Å². The van der Waals surface area contributed by atoms with Crippen LogP contribution in [0, 0.1) is 6.92 Å². The molecule has 0 bridgehead atoms. The van der Waals surface area contributed by atoms with Crippen LogP contribution in [0.5, 0.6) is 0 Å². The largest absolute Gasteiger partial charge is 0.369 e. The Kier molecular flexibility index (Phi) is 4.39. The monoisotopic (exact) mass is 260 g/mol. The molecule has 0 saturated heterocycles. The third-order valence-electron chi connectivity index (χ3n) is 3.08. The summed E-state index contributed by atoms with van der Waals surface area (Å²) >= 11 is 1.80. The maximum Gasteiger partial charge on any atom is 0.0519 e. The molecule has 0 atom stereocenters. The number of nitrogens with zero attached hydrogens (tertiary/aromatic N) is 1. The van der Waals surface area contributed by atoms with Crippen molar-refractivity contribution in [2.24, 2.45) is 5.73 Å². The first-order valence-corrected chi connectivity index (χ1v) is 7.12. The van der Waals surface area contributed by atoms with Crippen LogP contribution in [0.25, 0.3) is 0 Å². The second-order valence-electron chi connectivity index (χ2n) is 4.59. The van der Waals surface area contributed by atoms with Gasteiger partial charge in [0.2, 0.25) is 0 Å². The smallest absolute Gasteiger partial charge is 0.0519 e. The van der Waals surface area contributed by atoms with E-state index in [4.69, 9.17) is 5.73 Å². The molecular formula is C15H20N2S. The molecule has 0 aliphatic carbocycles. The van der Waals surface area contributed by atoms with E-state index in [2.05, 4.69) is 54.6 Å². The molecule has 1 aromatic heterocycles. The summed E-state index contributed by atoms with van der Waals surface area (Å²) in [6, 6.07) is 10.9. The topological polar surface area (TPSA) is 29.3 Å². The molecule has 1 heterocycles. The molecule has 0 radical (unpaired) electrons. The van der Waals surface area contributed by atoms with Crippen molar-refractivity contribution in [3.05, 3.63) is 51.7 Å². The zero-order valence-corrected chi connectivity index (χ0v) is 11.8. The van der Waals surface area contributed by atoms with Crippen molar-refractivity contribution in [2.45, 2.75) is 19.9 Å². The van der Waals surface area contributed by atoms with Crippen molar-refractivity contribution in [1.82, 2.24) is 0 Å². The molecule has 96 valence electrons. The van der Waals surface area contributed by atoms with E-state index in [0.717, 1.165) is 13.0 Å². The Balaban J connectivity index is 2.12. The Morgan fingerprint density at radius 3 is 2.72 bits per heavy atom. The van der Waals surface area contributed by atoms with Crippen LogP contribution in [-0.4, -0.2) is 13.6 Å². The Morgan fingerprint density at radius 2 is 2.11 bits per heavy atom. The van der Waals surface area contributed by atoms with Gasteiger partial charge in [-0.1, -0.05) is 18.2 Å². The minimum atomic E-state index is 0.712. The van der Waals surface area contributed by atoms with Crippen LogP contribution in [0.1, 0.15) is 16.0 Å². The molecule has 0 fully saturated rings. The summed E-state index contributed by atoms with van der Waals surface area (Å²) in [5, 5.41) is 2.13. The van der Waals surface area contributed by atoms with Gasteiger partial charge in [0.25, 0.3) is 0 Å². The number of rotatable bonds is 5. The predicted octanol–water partition coefficient (Wildman–Crippen LogP) is 3.19. The number of thiophene rings is 1. The average molecular weight is 260 g/mol. The van der Waals surface area contributed by atoms with Crippen molar-refractivity contribution in [2.75, 3.05) is 18.5 Å². The summed E-state index contributed by atoms with van der Waals surface area (Å²) in [4.78, 5) is 3.69. The van der Waals surface area contributed by atoms with Crippen molar-refractivity contribution in [3.8, 4) is 0 Å². The van der Waals surface area contributed by atoms with Crippen LogP contribution in [0.4, 0.5) is 5.69 Å². The standard InChI is InChI=1S/C15H20N2S/c1-12-10-13(7-8-16)5-6-15(12)17(2)11-14-4-3-9-18-14/h3-6,9-10H,7-8,11,16H2,1-2H3. The molecule has 18 heavy (non-hydrogen) atoms. The molecule has 2 nitrogen and oxygen atoms in total. The lowest BCUT2D eigenvalue weighted by molar-refractivity contribution is 0.926. The SMILES string of the molecule is Cc1cc(CCN)ccc1N(C)Cc1cccs1. The molecule has 0 spiro atoms. The van der Waals surface area contributed by atoms with Gasteiger partial charge in [0.1, 0.15) is 0 Å². The molecule has 2 rings (SSSR count). The van der Waals surface area contributed by atoms with Gasteiger partial charge in [-0.2, -0.15) is 0 Å². The van der Waals surface area contributed by atoms with Crippen LogP contribution in [-0.2, 0) is 13.0 Å². The highest BCUT2D eigenvalue weighted by Crippen LogP contribution is 2.23. The second kappa shape index (κ2) is 6.03. The molecule has 3 heteroatoms. The van der Waals surface area contributed by atoms with Crippen molar-refractivity contribution in [1.29, 1.82) is 0 Å². The second-order valence-corrected chi connectivity index (χ2v) is 5.63. The normalized spacial score (nSPS) is 10.6. The molecular weight excluding hydrogens is 240 g/mol. The summed E-state index contributed by atoms with van der Waals surface area (Å²) in [5.74, 6) is 0. The van der Waals surface area contributed by atoms with Crippen molar-refractivity contribution < 1.29 is 0 Å². The summed E-state index contributed by atoms with van der Waals surface area (Å²) in [6.07, 6.45) is 0.954. The highest BCUT2D eigenvalue weighted by atomic mass is 32.1. The highest BCUT2D eigenvalue weighted by molar-refractivity contribution is 7.09. The third kappa shape index (κ3) is 3.12. The molecule has 2 N–H and O–H groups in total. The van der Waals surface area contributed by atoms with Crippen molar-refractivity contribution >= 4 is 17.0 Å². The Morgan fingerprint density at radius 1 is 1.28 bits per heavy atom. The van der Waals surface area contributed by atoms with Crippen LogP contribution in [0.2, 0.25) is 0 Å². The van der Waals surface area contributed by atoms with Crippen LogP contribution in [0.15, 0.2) is 35.7 Å². The number of aryl methyl sites for hydroxylation is 1. The molecule has 1 aromatic carbocycles. The molecule has 0 unspecified atom stereocenters. The minimum absolute atomic E-state index is 0.712. The van der Waals surface area contributed by atoms with Gasteiger partial charge in [-0.3, -0.25) is 0 Å². The summed E-state index contributed by atoms with van der Waals surface area (Å²) < 4.78 is 0. The molecule has 0 saturated carbocycles. The lowest BCUT2D eigenvalue weighted by Crippen LogP contribution is -2.16. The van der Waals surface area contributed by atoms with Crippen LogP contribution < -0.4 is 10.6 Å². The minimum Gasteiger partial charge on any atom is -0.369 e. The number of hydrogen-bond donors (Lipinski definition) is 1. The molecule has 0 aliphatic rings. The van der Waals surface area contributed by atoms with Crippen LogP contribution in [0.3, 0.4) is 0 Å². The highest BCUT2D eigenvalue weighted by Gasteiger charge is 2.06. The fraction of sp³-hybridized carbons (Fsp3) is 0.333. The van der Waals surface area contributed by atoms with E-state index in [9.17, 15) is 0 Å². The summed E-state index contributed by atoms with van der Waals surface area (Å²) in [5.41, 5.74) is 9.53. The van der Waals surface area contributed by atoms with Gasteiger partial charge in [0.05, 0.1) is 6.54 Å². The lowest BCUT2D eigenvalue weighted by Gasteiger charge is -2.21. The molecule has 0 aliphatic heterocycles. The third-order valence-corrected chi connectivity index (χ3v) is 3.94. The number of anilines is 1. The number of hydrogen-bond acceptors (Lipinski definition) is 3. The first kappa shape index (κ1) is 13.1. The Labute approximate surface area is 113 Å². The van der Waals surface area contributed by atoms with E-state index < -0.39 is 0 Å². The first-order valence-electron chi connectivity index (χ1n) is 6.24. The maximum absolute atomic E-state index is 5.59. The summed E-state index contributed by atoms with van der Waals surface area (Å²) in [7, 11) is 2.14. The van der Waals surface area contributed by atoms with E-state index in [0.29, 0.717) is 6.54 Å². The maximum atomic E-state index is 5.59.